The molecule has 1 amide bonds. The molecule has 0 saturated carbocycles. The van der Waals surface area contributed by atoms with Crippen LogP contribution in [0.4, 0.5) is 5.69 Å². The second-order valence-electron chi connectivity index (χ2n) is 6.39. The van der Waals surface area contributed by atoms with Crippen LogP contribution in [0, 0.1) is 0 Å². The summed E-state index contributed by atoms with van der Waals surface area (Å²) in [4.78, 5) is 24.3. The van der Waals surface area contributed by atoms with E-state index in [9.17, 15) is 14.7 Å². The van der Waals surface area contributed by atoms with Gasteiger partial charge in [0.15, 0.2) is 6.10 Å². The van der Waals surface area contributed by atoms with E-state index in [1.54, 1.807) is 24.3 Å². The van der Waals surface area contributed by atoms with Crippen molar-refractivity contribution in [2.75, 3.05) is 5.32 Å². The third-order valence-electron chi connectivity index (χ3n) is 4.11. The highest BCUT2D eigenvalue weighted by Crippen LogP contribution is 2.18. The van der Waals surface area contributed by atoms with Gasteiger partial charge in [-0.1, -0.05) is 36.4 Å². The maximum absolute atomic E-state index is 12.3. The van der Waals surface area contributed by atoms with E-state index in [1.807, 2.05) is 30.3 Å². The minimum atomic E-state index is -1.00. The van der Waals surface area contributed by atoms with E-state index < -0.39 is 18.0 Å². The first-order chi connectivity index (χ1) is 14.0. The molecule has 0 heterocycles. The summed E-state index contributed by atoms with van der Waals surface area (Å²) in [5.74, 6) is -0.522. The molecule has 0 bridgehead atoms. The first-order valence-corrected chi connectivity index (χ1v) is 9.09. The lowest BCUT2D eigenvalue weighted by atomic mass is 10.2. The topological polar surface area (TPSA) is 84.9 Å². The molecule has 0 aromatic heterocycles. The molecule has 148 valence electrons. The number of nitrogens with one attached hydrogen (secondary N) is 1. The molecular formula is C23H21NO5. The largest absolute Gasteiger partial charge is 0.508 e. The Morgan fingerprint density at radius 1 is 0.966 bits per heavy atom. The Labute approximate surface area is 168 Å². The monoisotopic (exact) mass is 391 g/mol. The number of amides is 1. The lowest BCUT2D eigenvalue weighted by Gasteiger charge is -2.14. The number of rotatable bonds is 7. The van der Waals surface area contributed by atoms with Crippen LogP contribution in [-0.2, 0) is 16.1 Å². The standard InChI is InChI=1S/C23H21NO5/c1-16(29-23(27)18-8-5-9-20(25)14-18)22(26)24-19-10-12-21(13-11-19)28-15-17-6-3-2-4-7-17/h2-14,16,25H,15H2,1H3,(H,24,26)/t16-/m1/s1. The second-order valence-corrected chi connectivity index (χ2v) is 6.39. The van der Waals surface area contributed by atoms with E-state index in [4.69, 9.17) is 9.47 Å². The van der Waals surface area contributed by atoms with Crippen LogP contribution in [0.5, 0.6) is 11.5 Å². The summed E-state index contributed by atoms with van der Waals surface area (Å²) in [7, 11) is 0. The number of hydrogen-bond acceptors (Lipinski definition) is 5. The van der Waals surface area contributed by atoms with Crippen molar-refractivity contribution < 1.29 is 24.2 Å². The van der Waals surface area contributed by atoms with Crippen molar-refractivity contribution in [3.05, 3.63) is 90.0 Å². The average molecular weight is 391 g/mol. The predicted octanol–water partition coefficient (Wildman–Crippen LogP) is 4.16. The average Bonchev–Trinajstić information content (AvgIpc) is 2.74. The summed E-state index contributed by atoms with van der Waals surface area (Å²) in [6.45, 7) is 1.93. The predicted molar refractivity (Wildman–Crippen MR) is 109 cm³/mol. The van der Waals surface area contributed by atoms with Gasteiger partial charge in [0.05, 0.1) is 5.56 Å². The summed E-state index contributed by atoms with van der Waals surface area (Å²) >= 11 is 0. The molecule has 2 N–H and O–H groups in total. The molecule has 0 aliphatic heterocycles. The Morgan fingerprint density at radius 2 is 1.69 bits per heavy atom. The Balaban J connectivity index is 1.51. The van der Waals surface area contributed by atoms with Gasteiger partial charge in [-0.15, -0.1) is 0 Å². The number of hydrogen-bond donors (Lipinski definition) is 2. The van der Waals surface area contributed by atoms with Crippen LogP contribution in [0.25, 0.3) is 0 Å². The van der Waals surface area contributed by atoms with Gasteiger partial charge >= 0.3 is 5.97 Å². The van der Waals surface area contributed by atoms with Crippen molar-refractivity contribution >= 4 is 17.6 Å². The van der Waals surface area contributed by atoms with Crippen LogP contribution in [0.2, 0.25) is 0 Å². The quantitative estimate of drug-likeness (QED) is 0.591. The molecule has 3 aromatic carbocycles. The van der Waals surface area contributed by atoms with Crippen LogP contribution < -0.4 is 10.1 Å². The Bertz CT molecular complexity index is 970. The fraction of sp³-hybridized carbons (Fsp3) is 0.130. The summed E-state index contributed by atoms with van der Waals surface area (Å²) in [5, 5.41) is 12.1. The van der Waals surface area contributed by atoms with Crippen molar-refractivity contribution in [2.45, 2.75) is 19.6 Å². The lowest BCUT2D eigenvalue weighted by Crippen LogP contribution is -2.29. The molecule has 6 heteroatoms. The molecule has 0 aliphatic rings. The van der Waals surface area contributed by atoms with Gasteiger partial charge in [0.2, 0.25) is 0 Å². The van der Waals surface area contributed by atoms with Gasteiger partial charge < -0.3 is 19.9 Å². The fourth-order valence-electron chi connectivity index (χ4n) is 2.53. The molecule has 0 unspecified atom stereocenters. The Kier molecular flexibility index (Phi) is 6.47. The van der Waals surface area contributed by atoms with Crippen molar-refractivity contribution in [1.82, 2.24) is 0 Å². The van der Waals surface area contributed by atoms with Crippen LogP contribution >= 0.6 is 0 Å². The van der Waals surface area contributed by atoms with Crippen LogP contribution in [0.3, 0.4) is 0 Å². The van der Waals surface area contributed by atoms with Gasteiger partial charge in [-0.25, -0.2) is 4.79 Å². The van der Waals surface area contributed by atoms with E-state index >= 15 is 0 Å². The molecule has 3 aromatic rings. The highest BCUT2D eigenvalue weighted by atomic mass is 16.5. The highest BCUT2D eigenvalue weighted by Gasteiger charge is 2.19. The van der Waals surface area contributed by atoms with E-state index in [1.165, 1.54) is 31.2 Å². The van der Waals surface area contributed by atoms with Gasteiger partial charge in [0.1, 0.15) is 18.1 Å². The zero-order chi connectivity index (χ0) is 20.6. The third kappa shape index (κ3) is 5.84. The summed E-state index contributed by atoms with van der Waals surface area (Å²) < 4.78 is 10.9. The fourth-order valence-corrected chi connectivity index (χ4v) is 2.53. The smallest absolute Gasteiger partial charge is 0.339 e. The van der Waals surface area contributed by atoms with Crippen LogP contribution in [0.15, 0.2) is 78.9 Å². The lowest BCUT2D eigenvalue weighted by molar-refractivity contribution is -0.123. The van der Waals surface area contributed by atoms with Gasteiger partial charge in [-0.3, -0.25) is 4.79 Å². The van der Waals surface area contributed by atoms with Gasteiger partial charge in [0, 0.05) is 5.69 Å². The second kappa shape index (κ2) is 9.41. The normalized spacial score (nSPS) is 11.3. The Hall–Kier alpha value is -3.80. The van der Waals surface area contributed by atoms with E-state index in [-0.39, 0.29) is 11.3 Å². The van der Waals surface area contributed by atoms with Gasteiger partial charge in [0.25, 0.3) is 5.91 Å². The van der Waals surface area contributed by atoms with Crippen molar-refractivity contribution in [3.8, 4) is 11.5 Å². The molecule has 1 atom stereocenters. The van der Waals surface area contributed by atoms with E-state index in [2.05, 4.69) is 5.32 Å². The molecular weight excluding hydrogens is 370 g/mol. The number of aromatic hydroxyl groups is 1. The molecule has 3 rings (SSSR count). The maximum Gasteiger partial charge on any atom is 0.339 e. The number of ether oxygens (including phenoxy) is 2. The number of carbonyl (C=O) groups excluding carboxylic acids is 2. The number of benzene rings is 3. The number of esters is 1. The summed E-state index contributed by atoms with van der Waals surface area (Å²) in [5.41, 5.74) is 1.79. The van der Waals surface area contributed by atoms with Crippen LogP contribution in [-0.4, -0.2) is 23.1 Å². The molecule has 29 heavy (non-hydrogen) atoms. The van der Waals surface area contributed by atoms with Crippen molar-refractivity contribution in [1.29, 1.82) is 0 Å². The molecule has 0 aliphatic carbocycles. The molecule has 6 nitrogen and oxygen atoms in total. The maximum atomic E-state index is 12.3. The molecule has 0 saturated heterocycles. The highest BCUT2D eigenvalue weighted by molar-refractivity contribution is 5.97. The number of anilines is 1. The first-order valence-electron chi connectivity index (χ1n) is 9.09. The summed E-state index contributed by atoms with van der Waals surface area (Å²) in [6, 6.07) is 22.5. The third-order valence-corrected chi connectivity index (χ3v) is 4.11. The van der Waals surface area contributed by atoms with Crippen LogP contribution in [0.1, 0.15) is 22.8 Å². The summed E-state index contributed by atoms with van der Waals surface area (Å²) in [6.07, 6.45) is -1.00. The van der Waals surface area contributed by atoms with E-state index in [0.717, 1.165) is 5.56 Å². The molecule has 0 fully saturated rings. The first kappa shape index (κ1) is 19.9. The van der Waals surface area contributed by atoms with Gasteiger partial charge in [-0.05, 0) is 55.0 Å². The zero-order valence-electron chi connectivity index (χ0n) is 15.9. The Morgan fingerprint density at radius 3 is 2.38 bits per heavy atom. The van der Waals surface area contributed by atoms with E-state index in [0.29, 0.717) is 18.0 Å². The SMILES string of the molecule is C[C@@H](OC(=O)c1cccc(O)c1)C(=O)Nc1ccc(OCc2ccccc2)cc1. The van der Waals surface area contributed by atoms with Gasteiger partial charge in [-0.2, -0.15) is 0 Å². The number of phenols is 1. The molecule has 0 radical (unpaired) electrons. The van der Waals surface area contributed by atoms with Crippen molar-refractivity contribution in [3.63, 3.8) is 0 Å². The minimum Gasteiger partial charge on any atom is -0.508 e. The molecule has 0 spiro atoms. The number of carbonyl (C=O) groups is 2. The van der Waals surface area contributed by atoms with Crippen molar-refractivity contribution in [2.24, 2.45) is 0 Å². The number of phenolic OH excluding ortho intramolecular Hbond substituents is 1. The zero-order valence-corrected chi connectivity index (χ0v) is 15.9. The minimum absolute atomic E-state index is 0.0499.